The summed E-state index contributed by atoms with van der Waals surface area (Å²) in [5.74, 6) is -3.12. The summed E-state index contributed by atoms with van der Waals surface area (Å²) >= 11 is 0. The van der Waals surface area contributed by atoms with Crippen LogP contribution < -0.4 is 4.72 Å². The van der Waals surface area contributed by atoms with Crippen molar-refractivity contribution in [2.24, 2.45) is 0 Å². The van der Waals surface area contributed by atoms with Gasteiger partial charge in [-0.2, -0.15) is 0 Å². The number of methoxy groups -OCH3 is 1. The lowest BCUT2D eigenvalue weighted by Crippen LogP contribution is -2.15. The first-order chi connectivity index (χ1) is 10.8. The van der Waals surface area contributed by atoms with E-state index in [4.69, 9.17) is 0 Å². The smallest absolute Gasteiger partial charge is 0.337 e. The molecule has 122 valence electrons. The van der Waals surface area contributed by atoms with Crippen LogP contribution in [-0.4, -0.2) is 21.5 Å². The summed E-state index contributed by atoms with van der Waals surface area (Å²) < 4.78 is 56.6. The van der Waals surface area contributed by atoms with Crippen LogP contribution in [0.4, 0.5) is 14.5 Å². The van der Waals surface area contributed by atoms with Gasteiger partial charge in [0.05, 0.1) is 24.1 Å². The van der Waals surface area contributed by atoms with Crippen LogP contribution in [0, 0.1) is 11.6 Å². The molecule has 0 saturated heterocycles. The molecule has 0 radical (unpaired) electrons. The fourth-order valence-electron chi connectivity index (χ4n) is 1.85. The molecule has 0 aliphatic heterocycles. The van der Waals surface area contributed by atoms with Crippen molar-refractivity contribution in [1.29, 1.82) is 0 Å². The fourth-order valence-corrected chi connectivity index (χ4v) is 3.04. The number of hydrogen-bond acceptors (Lipinski definition) is 4. The predicted molar refractivity (Wildman–Crippen MR) is 80.4 cm³/mol. The first kappa shape index (κ1) is 16.9. The molecule has 8 heteroatoms. The van der Waals surface area contributed by atoms with Crippen molar-refractivity contribution in [3.05, 3.63) is 65.2 Å². The zero-order valence-corrected chi connectivity index (χ0v) is 12.9. The number of hydrogen-bond donors (Lipinski definition) is 1. The highest BCUT2D eigenvalue weighted by Gasteiger charge is 2.14. The van der Waals surface area contributed by atoms with Gasteiger partial charge in [-0.1, -0.05) is 12.1 Å². The van der Waals surface area contributed by atoms with Crippen molar-refractivity contribution < 1.29 is 26.7 Å². The Bertz CT molecular complexity index is 820. The normalized spacial score (nSPS) is 11.1. The van der Waals surface area contributed by atoms with Crippen molar-refractivity contribution >= 4 is 21.7 Å². The third-order valence-corrected chi connectivity index (χ3v) is 4.18. The Morgan fingerprint density at radius 1 is 1.09 bits per heavy atom. The molecule has 1 N–H and O–H groups in total. The molecule has 0 aromatic heterocycles. The predicted octanol–water partition coefficient (Wildman–Crippen LogP) is 2.69. The van der Waals surface area contributed by atoms with Crippen LogP contribution in [0.5, 0.6) is 0 Å². The fraction of sp³-hybridized carbons (Fsp3) is 0.133. The molecule has 0 spiro atoms. The lowest BCUT2D eigenvalue weighted by Gasteiger charge is -2.09. The lowest BCUT2D eigenvalue weighted by molar-refractivity contribution is 0.0600. The first-order valence-electron chi connectivity index (χ1n) is 6.43. The molecule has 0 amide bonds. The lowest BCUT2D eigenvalue weighted by atomic mass is 10.1. The molecular formula is C15H13F2NO4S. The van der Waals surface area contributed by atoms with E-state index in [9.17, 15) is 22.0 Å². The Kier molecular flexibility index (Phi) is 4.95. The van der Waals surface area contributed by atoms with E-state index in [1.807, 2.05) is 0 Å². The number of esters is 1. The van der Waals surface area contributed by atoms with Crippen molar-refractivity contribution in [1.82, 2.24) is 0 Å². The number of rotatable bonds is 5. The Balaban J connectivity index is 2.11. The summed E-state index contributed by atoms with van der Waals surface area (Å²) in [6, 6.07) is 8.53. The maximum Gasteiger partial charge on any atom is 0.337 e. The molecule has 0 heterocycles. The molecule has 0 aliphatic rings. The van der Waals surface area contributed by atoms with E-state index in [0.29, 0.717) is 11.1 Å². The summed E-state index contributed by atoms with van der Waals surface area (Å²) in [7, 11) is -2.57. The van der Waals surface area contributed by atoms with Crippen LogP contribution in [0.3, 0.4) is 0 Å². The minimum absolute atomic E-state index is 0.0740. The SMILES string of the molecule is COC(=O)c1ccc(CS(=O)(=O)Nc2ccc(F)c(F)c2)cc1. The standard InChI is InChI=1S/C15H13F2NO4S/c1-22-15(19)11-4-2-10(3-5-11)9-23(20,21)18-12-6-7-13(16)14(17)8-12/h2-8,18H,9H2,1H3. The molecule has 2 aromatic carbocycles. The molecule has 2 aromatic rings. The zero-order valence-electron chi connectivity index (χ0n) is 12.0. The van der Waals surface area contributed by atoms with Gasteiger partial charge >= 0.3 is 5.97 Å². The van der Waals surface area contributed by atoms with Crippen LogP contribution in [0.2, 0.25) is 0 Å². The molecular weight excluding hydrogens is 328 g/mol. The maximum absolute atomic E-state index is 13.1. The highest BCUT2D eigenvalue weighted by atomic mass is 32.2. The topological polar surface area (TPSA) is 72.5 Å². The largest absolute Gasteiger partial charge is 0.465 e. The van der Waals surface area contributed by atoms with Crippen LogP contribution in [0.1, 0.15) is 15.9 Å². The molecule has 0 fully saturated rings. The average Bonchev–Trinajstić information content (AvgIpc) is 2.50. The van der Waals surface area contributed by atoms with Gasteiger partial charge in [0.15, 0.2) is 11.6 Å². The number of carbonyl (C=O) groups is 1. The zero-order chi connectivity index (χ0) is 17.0. The van der Waals surface area contributed by atoms with Crippen LogP contribution >= 0.6 is 0 Å². The van der Waals surface area contributed by atoms with Crippen LogP contribution in [-0.2, 0) is 20.5 Å². The van der Waals surface area contributed by atoms with Gasteiger partial charge in [-0.3, -0.25) is 4.72 Å². The number of benzene rings is 2. The quantitative estimate of drug-likeness (QED) is 0.849. The molecule has 0 unspecified atom stereocenters. The van der Waals surface area contributed by atoms with Gasteiger partial charge in [0.25, 0.3) is 0 Å². The molecule has 0 atom stereocenters. The van der Waals surface area contributed by atoms with Gasteiger partial charge in [0.2, 0.25) is 10.0 Å². The Morgan fingerprint density at radius 3 is 2.30 bits per heavy atom. The highest BCUT2D eigenvalue weighted by molar-refractivity contribution is 7.91. The monoisotopic (exact) mass is 341 g/mol. The Labute approximate surface area is 132 Å². The molecule has 0 bridgehead atoms. The third kappa shape index (κ3) is 4.49. The van der Waals surface area contributed by atoms with Crippen molar-refractivity contribution in [3.8, 4) is 0 Å². The number of anilines is 1. The van der Waals surface area contributed by atoms with Gasteiger partial charge in [0.1, 0.15) is 0 Å². The van der Waals surface area contributed by atoms with Gasteiger partial charge in [-0.05, 0) is 29.8 Å². The van der Waals surface area contributed by atoms with Gasteiger partial charge in [0, 0.05) is 6.07 Å². The van der Waals surface area contributed by atoms with Crippen LogP contribution in [0.25, 0.3) is 0 Å². The van der Waals surface area contributed by atoms with Gasteiger partial charge in [-0.25, -0.2) is 22.0 Å². The van der Waals surface area contributed by atoms with Crippen molar-refractivity contribution in [2.45, 2.75) is 5.75 Å². The van der Waals surface area contributed by atoms with Crippen molar-refractivity contribution in [2.75, 3.05) is 11.8 Å². The molecule has 0 saturated carbocycles. The van der Waals surface area contributed by atoms with E-state index in [1.165, 1.54) is 31.4 Å². The minimum atomic E-state index is -3.81. The highest BCUT2D eigenvalue weighted by Crippen LogP contribution is 2.16. The summed E-state index contributed by atoms with van der Waals surface area (Å²) in [6.45, 7) is 0. The van der Waals surface area contributed by atoms with E-state index in [2.05, 4.69) is 9.46 Å². The number of sulfonamides is 1. The summed E-state index contributed by atoms with van der Waals surface area (Å²) in [5.41, 5.74) is 0.644. The second-order valence-corrected chi connectivity index (χ2v) is 6.40. The average molecular weight is 341 g/mol. The first-order valence-corrected chi connectivity index (χ1v) is 8.09. The van der Waals surface area contributed by atoms with E-state index >= 15 is 0 Å². The third-order valence-electron chi connectivity index (χ3n) is 2.92. The van der Waals surface area contributed by atoms with Crippen LogP contribution in [0.15, 0.2) is 42.5 Å². The second-order valence-electron chi connectivity index (χ2n) is 4.68. The minimum Gasteiger partial charge on any atom is -0.465 e. The van der Waals surface area contributed by atoms with E-state index in [0.717, 1.165) is 18.2 Å². The maximum atomic E-state index is 13.1. The second kappa shape index (κ2) is 6.74. The Morgan fingerprint density at radius 2 is 1.74 bits per heavy atom. The molecule has 23 heavy (non-hydrogen) atoms. The number of halogens is 2. The van der Waals surface area contributed by atoms with E-state index in [-0.39, 0.29) is 11.4 Å². The number of carbonyl (C=O) groups excluding carboxylic acids is 1. The number of ether oxygens (including phenoxy) is 1. The van der Waals surface area contributed by atoms with Crippen molar-refractivity contribution in [3.63, 3.8) is 0 Å². The van der Waals surface area contributed by atoms with Gasteiger partial charge < -0.3 is 4.74 Å². The summed E-state index contributed by atoms with van der Waals surface area (Å²) in [5, 5.41) is 0. The Hall–Kier alpha value is -2.48. The summed E-state index contributed by atoms with van der Waals surface area (Å²) in [6.07, 6.45) is 0. The van der Waals surface area contributed by atoms with E-state index < -0.39 is 27.6 Å². The summed E-state index contributed by atoms with van der Waals surface area (Å²) in [4.78, 5) is 11.3. The molecule has 5 nitrogen and oxygen atoms in total. The number of nitrogens with one attached hydrogen (secondary N) is 1. The molecule has 0 aliphatic carbocycles. The van der Waals surface area contributed by atoms with E-state index in [1.54, 1.807) is 0 Å². The molecule has 2 rings (SSSR count). The van der Waals surface area contributed by atoms with Gasteiger partial charge in [-0.15, -0.1) is 0 Å².